The maximum atomic E-state index is 13.0. The highest BCUT2D eigenvalue weighted by atomic mass is 35.5. The van der Waals surface area contributed by atoms with Gasteiger partial charge in [0.25, 0.3) is 5.82 Å². The van der Waals surface area contributed by atoms with Crippen molar-refractivity contribution in [2.45, 2.75) is 33.9 Å². The van der Waals surface area contributed by atoms with E-state index in [1.807, 2.05) is 25.1 Å². The van der Waals surface area contributed by atoms with Gasteiger partial charge >= 0.3 is 6.18 Å². The van der Waals surface area contributed by atoms with Gasteiger partial charge in [0.15, 0.2) is 5.69 Å². The smallest absolute Gasteiger partial charge is 0.439 e. The van der Waals surface area contributed by atoms with E-state index in [9.17, 15) is 13.2 Å². The quantitative estimate of drug-likeness (QED) is 0.463. The Bertz CT molecular complexity index is 1220. The van der Waals surface area contributed by atoms with Gasteiger partial charge in [0, 0.05) is 5.56 Å². The van der Waals surface area contributed by atoms with Gasteiger partial charge in [0.2, 0.25) is 5.71 Å². The summed E-state index contributed by atoms with van der Waals surface area (Å²) in [5.74, 6) is -0.605. The molecular formula is C18H15ClF3N5O. The molecule has 0 aliphatic heterocycles. The molecule has 0 radical (unpaired) electrons. The highest BCUT2D eigenvalue weighted by Gasteiger charge is 2.37. The number of oxazole rings is 1. The van der Waals surface area contributed by atoms with E-state index >= 15 is 0 Å². The number of halogens is 4. The fourth-order valence-electron chi connectivity index (χ4n) is 3.17. The molecule has 4 rings (SSSR count). The number of benzene rings is 1. The minimum Gasteiger partial charge on any atom is -0.439 e. The van der Waals surface area contributed by atoms with Gasteiger partial charge in [-0.1, -0.05) is 23.7 Å². The summed E-state index contributed by atoms with van der Waals surface area (Å²) < 4.78 is 47.5. The minimum atomic E-state index is -4.64. The Balaban J connectivity index is 1.97. The molecule has 0 aliphatic rings. The highest BCUT2D eigenvalue weighted by Crippen LogP contribution is 2.36. The van der Waals surface area contributed by atoms with Gasteiger partial charge in [-0.2, -0.15) is 22.8 Å². The van der Waals surface area contributed by atoms with E-state index in [0.717, 1.165) is 10.2 Å². The van der Waals surface area contributed by atoms with Gasteiger partial charge in [-0.3, -0.25) is 0 Å². The van der Waals surface area contributed by atoms with Crippen molar-refractivity contribution in [2.75, 3.05) is 0 Å². The van der Waals surface area contributed by atoms with Crippen molar-refractivity contribution in [2.24, 2.45) is 0 Å². The zero-order valence-corrected chi connectivity index (χ0v) is 16.1. The van der Waals surface area contributed by atoms with E-state index in [0.29, 0.717) is 33.4 Å². The first-order valence-electron chi connectivity index (χ1n) is 8.34. The number of hydrogen-bond acceptors (Lipinski definition) is 4. The Morgan fingerprint density at radius 2 is 1.79 bits per heavy atom. The Morgan fingerprint density at radius 1 is 1.07 bits per heavy atom. The first kappa shape index (κ1) is 18.5. The number of aromatic nitrogens is 5. The van der Waals surface area contributed by atoms with Gasteiger partial charge < -0.3 is 4.42 Å². The fraction of sp³-hybridized carbons (Fsp3) is 0.278. The Labute approximate surface area is 162 Å². The van der Waals surface area contributed by atoms with Gasteiger partial charge in [0.05, 0.1) is 10.7 Å². The lowest BCUT2D eigenvalue weighted by molar-refractivity contribution is -0.144. The zero-order valence-electron chi connectivity index (χ0n) is 15.4. The summed E-state index contributed by atoms with van der Waals surface area (Å²) in [5, 5.41) is 8.60. The zero-order chi connectivity index (χ0) is 20.4. The number of fused-ring (bicyclic) bond motifs is 1. The van der Waals surface area contributed by atoms with Crippen LogP contribution in [0.3, 0.4) is 0 Å². The third-order valence-electron chi connectivity index (χ3n) is 4.40. The third-order valence-corrected chi connectivity index (χ3v) is 4.71. The van der Waals surface area contributed by atoms with Crippen LogP contribution < -0.4 is 0 Å². The predicted molar refractivity (Wildman–Crippen MR) is 96.8 cm³/mol. The van der Waals surface area contributed by atoms with Crippen LogP contribution in [0.4, 0.5) is 13.2 Å². The molecule has 6 nitrogen and oxygen atoms in total. The second kappa shape index (κ2) is 6.10. The van der Waals surface area contributed by atoms with Crippen LogP contribution in [0.5, 0.6) is 0 Å². The average molecular weight is 410 g/mol. The lowest BCUT2D eigenvalue weighted by atomic mass is 10.1. The van der Waals surface area contributed by atoms with Crippen molar-refractivity contribution in [1.82, 2.24) is 24.4 Å². The van der Waals surface area contributed by atoms with Crippen LogP contribution in [0.2, 0.25) is 5.02 Å². The molecule has 0 aliphatic carbocycles. The van der Waals surface area contributed by atoms with Gasteiger partial charge in [-0.15, -0.1) is 5.10 Å². The molecule has 3 aromatic heterocycles. The second-order valence-electron chi connectivity index (χ2n) is 6.53. The molecule has 0 atom stereocenters. The number of rotatable bonds is 2. The van der Waals surface area contributed by atoms with E-state index in [2.05, 4.69) is 15.2 Å². The summed E-state index contributed by atoms with van der Waals surface area (Å²) in [6.45, 7) is 6.78. The van der Waals surface area contributed by atoms with Crippen LogP contribution in [-0.4, -0.2) is 24.4 Å². The van der Waals surface area contributed by atoms with Crippen molar-refractivity contribution in [3.63, 3.8) is 0 Å². The third kappa shape index (κ3) is 2.77. The maximum Gasteiger partial charge on any atom is 0.453 e. The monoisotopic (exact) mass is 409 g/mol. The van der Waals surface area contributed by atoms with Crippen molar-refractivity contribution in [3.8, 4) is 16.9 Å². The molecule has 0 bridgehead atoms. The van der Waals surface area contributed by atoms with Crippen molar-refractivity contribution >= 4 is 17.3 Å². The van der Waals surface area contributed by atoms with Crippen molar-refractivity contribution in [1.29, 1.82) is 0 Å². The Morgan fingerprint density at radius 3 is 2.39 bits per heavy atom. The lowest BCUT2D eigenvalue weighted by Crippen LogP contribution is -2.08. The predicted octanol–water partition coefficient (Wildman–Crippen LogP) is 5.08. The van der Waals surface area contributed by atoms with Crippen LogP contribution in [0, 0.1) is 27.7 Å². The molecule has 0 N–H and O–H groups in total. The standard InChI is InChI=1S/C18H15ClF3N5O/c1-8-5-6-12(13(19)7-8)15-10(3)28-16-14(9(2)24-27(15)16)26-11(4)23-17(25-26)18(20,21)22/h5-7H,1-4H3. The molecule has 0 fully saturated rings. The normalized spacial score (nSPS) is 12.3. The van der Waals surface area contributed by atoms with E-state index < -0.39 is 12.0 Å². The fourth-order valence-corrected chi connectivity index (χ4v) is 3.49. The number of nitrogens with zero attached hydrogens (tertiary/aromatic N) is 5. The van der Waals surface area contributed by atoms with Gasteiger partial charge in [-0.25, -0.2) is 9.67 Å². The first-order chi connectivity index (χ1) is 13.1. The van der Waals surface area contributed by atoms with E-state index in [4.69, 9.17) is 16.0 Å². The largest absolute Gasteiger partial charge is 0.453 e. The number of aryl methyl sites for hydroxylation is 4. The van der Waals surface area contributed by atoms with E-state index in [-0.39, 0.29) is 11.5 Å². The Kier molecular flexibility index (Phi) is 4.04. The summed E-state index contributed by atoms with van der Waals surface area (Å²) in [7, 11) is 0. The summed E-state index contributed by atoms with van der Waals surface area (Å²) in [4.78, 5) is 3.52. The van der Waals surface area contributed by atoms with Gasteiger partial charge in [0.1, 0.15) is 17.3 Å². The number of hydrogen-bond donors (Lipinski definition) is 0. The average Bonchev–Trinajstić information content (AvgIpc) is 3.19. The maximum absolute atomic E-state index is 13.0. The molecule has 0 unspecified atom stereocenters. The molecule has 28 heavy (non-hydrogen) atoms. The summed E-state index contributed by atoms with van der Waals surface area (Å²) in [6, 6.07) is 5.59. The lowest BCUT2D eigenvalue weighted by Gasteiger charge is -2.04. The van der Waals surface area contributed by atoms with Gasteiger partial charge in [-0.05, 0) is 39.3 Å². The molecule has 0 amide bonds. The summed E-state index contributed by atoms with van der Waals surface area (Å²) in [6.07, 6.45) is -4.64. The molecular weight excluding hydrogens is 395 g/mol. The van der Waals surface area contributed by atoms with Crippen LogP contribution in [0.25, 0.3) is 22.7 Å². The van der Waals surface area contributed by atoms with Crippen LogP contribution in [0.15, 0.2) is 22.6 Å². The van der Waals surface area contributed by atoms with Crippen molar-refractivity contribution in [3.05, 3.63) is 51.9 Å². The molecule has 0 spiro atoms. The molecule has 1 aromatic carbocycles. The van der Waals surface area contributed by atoms with Crippen LogP contribution in [0.1, 0.15) is 28.7 Å². The van der Waals surface area contributed by atoms with Crippen molar-refractivity contribution < 1.29 is 17.6 Å². The molecule has 146 valence electrons. The molecule has 0 saturated heterocycles. The molecule has 0 saturated carbocycles. The highest BCUT2D eigenvalue weighted by molar-refractivity contribution is 6.33. The number of alkyl halides is 3. The molecule has 3 heterocycles. The summed E-state index contributed by atoms with van der Waals surface area (Å²) >= 11 is 6.40. The minimum absolute atomic E-state index is 0.0781. The first-order valence-corrected chi connectivity index (χ1v) is 8.72. The van der Waals surface area contributed by atoms with E-state index in [1.165, 1.54) is 11.4 Å². The Hall–Kier alpha value is -2.81. The van der Waals surface area contributed by atoms with Crippen LogP contribution in [-0.2, 0) is 6.18 Å². The second-order valence-corrected chi connectivity index (χ2v) is 6.94. The summed E-state index contributed by atoms with van der Waals surface area (Å²) in [5.41, 5.74) is 3.36. The topological polar surface area (TPSA) is 61.2 Å². The molecule has 10 heteroatoms. The SMILES string of the molecule is Cc1ccc(-c2c(C)oc3c(-n4nc(C(F)(F)F)nc4C)c(C)nn23)c(Cl)c1. The van der Waals surface area contributed by atoms with Crippen LogP contribution >= 0.6 is 11.6 Å². The molecule has 4 aromatic rings. The van der Waals surface area contributed by atoms with E-state index in [1.54, 1.807) is 13.8 Å².